The molecule has 0 saturated heterocycles. The van der Waals surface area contributed by atoms with Crippen LogP contribution in [0.25, 0.3) is 0 Å². The molecular weight excluding hydrogens is 400 g/mol. The van der Waals surface area contributed by atoms with E-state index in [1.165, 1.54) is 22.3 Å². The molecule has 4 nitrogen and oxygen atoms in total. The van der Waals surface area contributed by atoms with Gasteiger partial charge in [-0.05, 0) is 92.2 Å². The average Bonchev–Trinajstić information content (AvgIpc) is 3.35. The third kappa shape index (κ3) is 2.70. The zero-order valence-corrected chi connectivity index (χ0v) is 18.9. The molecule has 4 aliphatic carbocycles. The van der Waals surface area contributed by atoms with E-state index in [0.717, 1.165) is 50.0 Å². The largest absolute Gasteiger partial charge is 0.454 e. The molecule has 1 heterocycles. The molecule has 1 aromatic rings. The minimum atomic E-state index is -0.949. The van der Waals surface area contributed by atoms with Crippen LogP contribution >= 0.6 is 0 Å². The van der Waals surface area contributed by atoms with Crippen LogP contribution in [0.2, 0.25) is 0 Å². The number of benzene rings is 1. The first-order chi connectivity index (χ1) is 15.4. The maximum absolute atomic E-state index is 12.2. The molecule has 0 bridgehead atoms. The summed E-state index contributed by atoms with van der Waals surface area (Å²) in [5.74, 6) is 9.14. The number of rotatable bonds is 1. The molecule has 0 spiro atoms. The number of fused-ring (bicyclic) bond motifs is 5. The average molecular weight is 431 g/mol. The van der Waals surface area contributed by atoms with Crippen molar-refractivity contribution in [3.8, 4) is 23.3 Å². The zero-order chi connectivity index (χ0) is 22.1. The van der Waals surface area contributed by atoms with Crippen molar-refractivity contribution in [2.45, 2.75) is 70.3 Å². The van der Waals surface area contributed by atoms with Gasteiger partial charge < -0.3 is 14.6 Å². The van der Waals surface area contributed by atoms with Crippen LogP contribution in [0, 0.1) is 29.1 Å². The number of hydrogen-bond donors (Lipinski definition) is 1. The molecule has 4 heteroatoms. The van der Waals surface area contributed by atoms with Crippen molar-refractivity contribution >= 4 is 5.78 Å². The number of carbonyl (C=O) groups is 1. The monoisotopic (exact) mass is 430 g/mol. The highest BCUT2D eigenvalue weighted by Gasteiger charge is 2.62. The maximum atomic E-state index is 12.2. The van der Waals surface area contributed by atoms with Gasteiger partial charge in [0.2, 0.25) is 6.79 Å². The summed E-state index contributed by atoms with van der Waals surface area (Å²) in [5.41, 5.74) is 4.20. The van der Waals surface area contributed by atoms with E-state index >= 15 is 0 Å². The van der Waals surface area contributed by atoms with E-state index in [0.29, 0.717) is 18.3 Å². The Morgan fingerprint density at radius 2 is 1.97 bits per heavy atom. The van der Waals surface area contributed by atoms with Crippen LogP contribution in [0.4, 0.5) is 0 Å². The van der Waals surface area contributed by atoms with Crippen molar-refractivity contribution in [1.82, 2.24) is 0 Å². The normalized spacial score (nSPS) is 37.2. The van der Waals surface area contributed by atoms with Crippen LogP contribution in [0.5, 0.6) is 11.5 Å². The molecule has 32 heavy (non-hydrogen) atoms. The molecule has 166 valence electrons. The maximum Gasteiger partial charge on any atom is 0.231 e. The standard InChI is InChI=1S/C28H30O4/c1-3-11-28(30)12-10-23-21-7-4-17-13-19(29)6-8-20(17)26(21)22(15-27(23,28)2)18-5-9-24-25(14-18)32-16-31-24/h5,9,13-14,21-23,30H,4,6-8,10,12,15-16H2,1-2H3/t21-,22?,23-,27-,28?/m0/s1. The minimum absolute atomic E-state index is 0.186. The molecule has 1 aromatic carbocycles. The lowest BCUT2D eigenvalue weighted by Crippen LogP contribution is -2.51. The number of hydrogen-bond acceptors (Lipinski definition) is 4. The highest BCUT2D eigenvalue weighted by Crippen LogP contribution is 2.66. The van der Waals surface area contributed by atoms with E-state index < -0.39 is 5.60 Å². The van der Waals surface area contributed by atoms with Crippen molar-refractivity contribution in [2.75, 3.05) is 6.79 Å². The van der Waals surface area contributed by atoms with Gasteiger partial charge in [-0.3, -0.25) is 4.79 Å². The molecule has 2 fully saturated rings. The molecule has 0 radical (unpaired) electrons. The molecule has 0 aromatic heterocycles. The second kappa shape index (κ2) is 6.99. The third-order valence-electron chi connectivity index (χ3n) is 9.02. The Morgan fingerprint density at radius 1 is 1.12 bits per heavy atom. The Bertz CT molecular complexity index is 1130. The highest BCUT2D eigenvalue weighted by molar-refractivity contribution is 5.93. The Labute approximate surface area is 189 Å². The topological polar surface area (TPSA) is 55.8 Å². The Hall–Kier alpha value is -2.51. The number of ether oxygens (including phenoxy) is 2. The summed E-state index contributed by atoms with van der Waals surface area (Å²) in [6.07, 6.45) is 7.98. The summed E-state index contributed by atoms with van der Waals surface area (Å²) in [6, 6.07) is 6.31. The zero-order valence-electron chi connectivity index (χ0n) is 18.9. The van der Waals surface area contributed by atoms with E-state index in [1.807, 2.05) is 19.1 Å². The number of carbonyl (C=O) groups excluding carboxylic acids is 1. The molecule has 5 aliphatic rings. The van der Waals surface area contributed by atoms with Gasteiger partial charge in [-0.25, -0.2) is 0 Å². The van der Waals surface area contributed by atoms with Crippen molar-refractivity contribution in [3.05, 3.63) is 46.6 Å². The number of allylic oxidation sites excluding steroid dienone is 4. The van der Waals surface area contributed by atoms with Gasteiger partial charge in [-0.15, -0.1) is 5.92 Å². The minimum Gasteiger partial charge on any atom is -0.454 e. The van der Waals surface area contributed by atoms with Gasteiger partial charge in [-0.2, -0.15) is 0 Å². The fourth-order valence-electron chi connectivity index (χ4n) is 7.51. The summed E-state index contributed by atoms with van der Waals surface area (Å²) in [4.78, 5) is 12.2. The summed E-state index contributed by atoms with van der Waals surface area (Å²) < 4.78 is 11.3. The van der Waals surface area contributed by atoms with E-state index in [9.17, 15) is 9.90 Å². The van der Waals surface area contributed by atoms with Crippen LogP contribution < -0.4 is 9.47 Å². The lowest BCUT2D eigenvalue weighted by atomic mass is 9.51. The van der Waals surface area contributed by atoms with E-state index in [-0.39, 0.29) is 23.9 Å². The predicted octanol–water partition coefficient (Wildman–Crippen LogP) is 5.07. The third-order valence-corrected chi connectivity index (χ3v) is 9.02. The summed E-state index contributed by atoms with van der Waals surface area (Å²) in [6.45, 7) is 4.36. The lowest BCUT2D eigenvalue weighted by molar-refractivity contribution is -0.114. The fraction of sp³-hybridized carbons (Fsp3) is 0.536. The van der Waals surface area contributed by atoms with Crippen LogP contribution in [-0.4, -0.2) is 23.3 Å². The van der Waals surface area contributed by atoms with Crippen molar-refractivity contribution in [3.63, 3.8) is 0 Å². The fourth-order valence-corrected chi connectivity index (χ4v) is 7.51. The molecule has 1 N–H and O–H groups in total. The van der Waals surface area contributed by atoms with Crippen molar-refractivity contribution in [2.24, 2.45) is 17.3 Å². The summed E-state index contributed by atoms with van der Waals surface area (Å²) in [5, 5.41) is 11.7. The molecule has 0 amide bonds. The summed E-state index contributed by atoms with van der Waals surface area (Å²) >= 11 is 0. The van der Waals surface area contributed by atoms with Crippen molar-refractivity contribution in [1.29, 1.82) is 0 Å². The van der Waals surface area contributed by atoms with Gasteiger partial charge >= 0.3 is 0 Å². The number of ketones is 1. The van der Waals surface area contributed by atoms with Crippen LogP contribution in [0.3, 0.4) is 0 Å². The van der Waals surface area contributed by atoms with Gasteiger partial charge in [0, 0.05) is 17.8 Å². The Balaban J connectivity index is 1.54. The Kier molecular flexibility index (Phi) is 4.40. The van der Waals surface area contributed by atoms with Gasteiger partial charge in [0.05, 0.1) is 0 Å². The molecule has 1 aliphatic heterocycles. The van der Waals surface area contributed by atoms with Crippen molar-refractivity contribution < 1.29 is 19.4 Å². The van der Waals surface area contributed by atoms with Crippen LogP contribution in [-0.2, 0) is 4.79 Å². The van der Waals surface area contributed by atoms with E-state index in [1.54, 1.807) is 0 Å². The lowest BCUT2D eigenvalue weighted by Gasteiger charge is -2.53. The Morgan fingerprint density at radius 3 is 2.81 bits per heavy atom. The SMILES string of the molecule is CC#CC1(O)CC[C@H]2[C@@H]3CCC4=CC(=O)CCC4=C3C(c3ccc4c(c3)OCO4)C[C@@]21C. The quantitative estimate of drug-likeness (QED) is 0.632. The molecule has 2 saturated carbocycles. The summed E-state index contributed by atoms with van der Waals surface area (Å²) in [7, 11) is 0. The second-order valence-corrected chi connectivity index (χ2v) is 10.4. The molecule has 5 atom stereocenters. The van der Waals surface area contributed by atoms with E-state index in [2.05, 4.69) is 30.9 Å². The van der Waals surface area contributed by atoms with Crippen LogP contribution in [0.1, 0.15) is 70.3 Å². The van der Waals surface area contributed by atoms with Gasteiger partial charge in [0.25, 0.3) is 0 Å². The second-order valence-electron chi connectivity index (χ2n) is 10.4. The molecular formula is C28H30O4. The molecule has 2 unspecified atom stereocenters. The predicted molar refractivity (Wildman–Crippen MR) is 121 cm³/mol. The van der Waals surface area contributed by atoms with Gasteiger partial charge in [0.15, 0.2) is 17.3 Å². The molecule has 6 rings (SSSR count). The van der Waals surface area contributed by atoms with Gasteiger partial charge in [-0.1, -0.05) is 24.5 Å². The first kappa shape index (κ1) is 20.1. The number of aliphatic hydroxyl groups is 1. The first-order valence-corrected chi connectivity index (χ1v) is 12.0. The van der Waals surface area contributed by atoms with Gasteiger partial charge in [0.1, 0.15) is 5.60 Å². The highest BCUT2D eigenvalue weighted by atomic mass is 16.7. The van der Waals surface area contributed by atoms with E-state index in [4.69, 9.17) is 9.47 Å². The smallest absolute Gasteiger partial charge is 0.231 e. The van der Waals surface area contributed by atoms with Crippen LogP contribution in [0.15, 0.2) is 41.0 Å². The first-order valence-electron chi connectivity index (χ1n) is 12.0.